The fraction of sp³-hybridized carbons (Fsp3) is 0.552. The maximum Gasteiger partial charge on any atom is 0.519 e. The maximum absolute atomic E-state index is 12.7. The molecule has 0 aliphatic rings. The van der Waals surface area contributed by atoms with Gasteiger partial charge in [0.1, 0.15) is 11.5 Å². The molecule has 2 aromatic carbocycles. The highest BCUT2D eigenvalue weighted by molar-refractivity contribution is 5.68. The van der Waals surface area contributed by atoms with Crippen LogP contribution in [0.1, 0.15) is 101 Å². The smallest absolute Gasteiger partial charge is 0.394 e. The van der Waals surface area contributed by atoms with Gasteiger partial charge in [-0.3, -0.25) is 0 Å². The van der Waals surface area contributed by atoms with Crippen LogP contribution in [0.3, 0.4) is 0 Å². The highest BCUT2D eigenvalue weighted by atomic mass is 16.7. The standard InChI is InChI=1S/C29H42O3/c1-5-9-13-23-17-19-27(25(21-23)15-11-7-3)31-29(30)32-28-20-18-24(14-10-6-2)22-26(28)16-12-8-4/h17-22H,5-16H2,1-4H3. The van der Waals surface area contributed by atoms with E-state index in [1.165, 1.54) is 36.8 Å². The molecule has 32 heavy (non-hydrogen) atoms. The molecule has 0 aromatic heterocycles. The molecular weight excluding hydrogens is 396 g/mol. The summed E-state index contributed by atoms with van der Waals surface area (Å²) >= 11 is 0. The van der Waals surface area contributed by atoms with Crippen molar-refractivity contribution in [2.75, 3.05) is 0 Å². The van der Waals surface area contributed by atoms with Gasteiger partial charge in [0.2, 0.25) is 0 Å². The fourth-order valence-corrected chi connectivity index (χ4v) is 3.86. The van der Waals surface area contributed by atoms with Crippen LogP contribution >= 0.6 is 0 Å². The van der Waals surface area contributed by atoms with E-state index in [4.69, 9.17) is 9.47 Å². The van der Waals surface area contributed by atoms with E-state index in [1.54, 1.807) is 0 Å². The van der Waals surface area contributed by atoms with Gasteiger partial charge in [-0.15, -0.1) is 0 Å². The first kappa shape index (κ1) is 26.0. The van der Waals surface area contributed by atoms with Crippen molar-refractivity contribution in [2.45, 2.75) is 105 Å². The molecule has 2 aromatic rings. The number of unbranched alkanes of at least 4 members (excludes halogenated alkanes) is 4. The third-order valence-electron chi connectivity index (χ3n) is 5.87. The third-order valence-corrected chi connectivity index (χ3v) is 5.87. The van der Waals surface area contributed by atoms with Crippen LogP contribution in [0.5, 0.6) is 11.5 Å². The molecule has 0 unspecified atom stereocenters. The second-order valence-corrected chi connectivity index (χ2v) is 8.75. The zero-order valence-electron chi connectivity index (χ0n) is 20.7. The molecule has 3 heteroatoms. The molecule has 0 aliphatic heterocycles. The summed E-state index contributed by atoms with van der Waals surface area (Å²) in [6.07, 6.45) is 12.3. The van der Waals surface area contributed by atoms with Crippen LogP contribution < -0.4 is 9.47 Å². The second kappa shape index (κ2) is 14.7. The van der Waals surface area contributed by atoms with Gasteiger partial charge in [0, 0.05) is 0 Å². The zero-order valence-corrected chi connectivity index (χ0v) is 20.7. The minimum atomic E-state index is -0.650. The Morgan fingerprint density at radius 2 is 0.969 bits per heavy atom. The van der Waals surface area contributed by atoms with Crippen LogP contribution in [-0.2, 0) is 25.7 Å². The molecule has 0 heterocycles. The lowest BCUT2D eigenvalue weighted by atomic mass is 10.0. The van der Waals surface area contributed by atoms with Gasteiger partial charge < -0.3 is 9.47 Å². The molecule has 0 bridgehead atoms. The first-order valence-corrected chi connectivity index (χ1v) is 12.7. The predicted octanol–water partition coefficient (Wildman–Crippen LogP) is 8.63. The average molecular weight is 439 g/mol. The minimum absolute atomic E-state index is 0.623. The molecule has 0 radical (unpaired) electrons. The highest BCUT2D eigenvalue weighted by Crippen LogP contribution is 2.27. The van der Waals surface area contributed by atoms with Gasteiger partial charge >= 0.3 is 6.16 Å². The topological polar surface area (TPSA) is 35.5 Å². The number of aryl methyl sites for hydroxylation is 4. The largest absolute Gasteiger partial charge is 0.519 e. The minimum Gasteiger partial charge on any atom is -0.394 e. The van der Waals surface area contributed by atoms with Crippen LogP contribution in [-0.4, -0.2) is 6.16 Å². The van der Waals surface area contributed by atoms with Crippen LogP contribution in [0, 0.1) is 0 Å². The lowest BCUT2D eigenvalue weighted by molar-refractivity contribution is 0.151. The van der Waals surface area contributed by atoms with Crippen molar-refractivity contribution in [3.63, 3.8) is 0 Å². The van der Waals surface area contributed by atoms with E-state index in [-0.39, 0.29) is 0 Å². The number of benzene rings is 2. The van der Waals surface area contributed by atoms with Crippen molar-refractivity contribution in [1.82, 2.24) is 0 Å². The van der Waals surface area contributed by atoms with Gasteiger partial charge in [0.15, 0.2) is 0 Å². The summed E-state index contributed by atoms with van der Waals surface area (Å²) in [5, 5.41) is 0. The summed E-state index contributed by atoms with van der Waals surface area (Å²) in [6.45, 7) is 8.77. The molecule has 0 spiro atoms. The van der Waals surface area contributed by atoms with Gasteiger partial charge in [-0.25, -0.2) is 4.79 Å². The van der Waals surface area contributed by atoms with Crippen LogP contribution in [0.25, 0.3) is 0 Å². The lowest BCUT2D eigenvalue weighted by Gasteiger charge is -2.14. The summed E-state index contributed by atoms with van der Waals surface area (Å²) in [6, 6.07) is 12.4. The highest BCUT2D eigenvalue weighted by Gasteiger charge is 2.15. The molecule has 0 amide bonds. The molecule has 0 N–H and O–H groups in total. The molecule has 0 aliphatic carbocycles. The van der Waals surface area contributed by atoms with Crippen molar-refractivity contribution in [1.29, 1.82) is 0 Å². The molecule has 0 saturated carbocycles. The molecule has 2 rings (SSSR count). The van der Waals surface area contributed by atoms with E-state index in [1.807, 2.05) is 12.1 Å². The van der Waals surface area contributed by atoms with Crippen molar-refractivity contribution in [3.05, 3.63) is 58.7 Å². The van der Waals surface area contributed by atoms with Gasteiger partial charge in [-0.2, -0.15) is 0 Å². The summed E-state index contributed by atoms with van der Waals surface area (Å²) in [7, 11) is 0. The Hall–Kier alpha value is -2.29. The Balaban J connectivity index is 2.14. The van der Waals surface area contributed by atoms with Crippen molar-refractivity contribution >= 4 is 6.16 Å². The average Bonchev–Trinajstić information content (AvgIpc) is 2.80. The number of carbonyl (C=O) groups excluding carboxylic acids is 1. The molecule has 0 saturated heterocycles. The quantitative estimate of drug-likeness (QED) is 0.219. The van der Waals surface area contributed by atoms with Gasteiger partial charge in [-0.1, -0.05) is 77.6 Å². The lowest BCUT2D eigenvalue weighted by Crippen LogP contribution is -2.16. The number of carbonyl (C=O) groups is 1. The van der Waals surface area contributed by atoms with E-state index < -0.39 is 6.16 Å². The van der Waals surface area contributed by atoms with E-state index in [0.717, 1.165) is 62.5 Å². The fourth-order valence-electron chi connectivity index (χ4n) is 3.86. The van der Waals surface area contributed by atoms with E-state index in [9.17, 15) is 4.79 Å². The Kier molecular flexibility index (Phi) is 11.9. The summed E-state index contributed by atoms with van der Waals surface area (Å²) in [5.74, 6) is 1.25. The molecule has 0 atom stereocenters. The van der Waals surface area contributed by atoms with Crippen molar-refractivity contribution in [3.8, 4) is 11.5 Å². The zero-order chi connectivity index (χ0) is 23.2. The van der Waals surface area contributed by atoms with Crippen LogP contribution in [0.15, 0.2) is 36.4 Å². The van der Waals surface area contributed by atoms with Crippen LogP contribution in [0.2, 0.25) is 0 Å². The van der Waals surface area contributed by atoms with E-state index >= 15 is 0 Å². The van der Waals surface area contributed by atoms with Crippen molar-refractivity contribution < 1.29 is 14.3 Å². The number of hydrogen-bond donors (Lipinski definition) is 0. The molecule has 0 fully saturated rings. The Labute approximate surface area is 195 Å². The monoisotopic (exact) mass is 438 g/mol. The Bertz CT molecular complexity index is 758. The SMILES string of the molecule is CCCCc1ccc(OC(=O)Oc2ccc(CCCC)cc2CCCC)c(CCCC)c1. The van der Waals surface area contributed by atoms with Crippen LogP contribution in [0.4, 0.5) is 4.79 Å². The van der Waals surface area contributed by atoms with Gasteiger partial charge in [0.25, 0.3) is 0 Å². The summed E-state index contributed by atoms with van der Waals surface area (Å²) in [4.78, 5) is 12.7. The van der Waals surface area contributed by atoms with E-state index in [2.05, 4.69) is 52.0 Å². The van der Waals surface area contributed by atoms with Gasteiger partial charge in [0.05, 0.1) is 0 Å². The number of ether oxygens (including phenoxy) is 2. The normalized spacial score (nSPS) is 10.9. The van der Waals surface area contributed by atoms with Gasteiger partial charge in [-0.05, 0) is 85.8 Å². The summed E-state index contributed by atoms with van der Waals surface area (Å²) in [5.41, 5.74) is 4.81. The molecule has 176 valence electrons. The first-order valence-electron chi connectivity index (χ1n) is 12.7. The molecule has 3 nitrogen and oxygen atoms in total. The predicted molar refractivity (Wildman–Crippen MR) is 134 cm³/mol. The van der Waals surface area contributed by atoms with E-state index in [0.29, 0.717) is 11.5 Å². The summed E-state index contributed by atoms with van der Waals surface area (Å²) < 4.78 is 11.4. The third kappa shape index (κ3) is 8.68. The second-order valence-electron chi connectivity index (χ2n) is 8.75. The van der Waals surface area contributed by atoms with Crippen molar-refractivity contribution in [2.24, 2.45) is 0 Å². The first-order chi connectivity index (χ1) is 15.6. The maximum atomic E-state index is 12.7. The number of rotatable bonds is 14. The Morgan fingerprint density at radius 1 is 0.594 bits per heavy atom. The molecular formula is C29H42O3. The Morgan fingerprint density at radius 3 is 1.34 bits per heavy atom. The number of hydrogen-bond acceptors (Lipinski definition) is 3.